The Kier molecular flexibility index (Phi) is 4.66. The molecule has 1 atom stereocenters. The Bertz CT molecular complexity index is 634. The number of rotatable bonds is 4. The summed E-state index contributed by atoms with van der Waals surface area (Å²) in [5, 5.41) is 12.3. The van der Waals surface area contributed by atoms with Gasteiger partial charge in [0.2, 0.25) is 10.0 Å². The summed E-state index contributed by atoms with van der Waals surface area (Å²) in [5.74, 6) is 0. The van der Waals surface area contributed by atoms with Crippen LogP contribution < -0.4 is 5.32 Å². The lowest BCUT2D eigenvalue weighted by molar-refractivity contribution is 0.417. The van der Waals surface area contributed by atoms with Gasteiger partial charge >= 0.3 is 0 Å². The first-order valence-corrected chi connectivity index (χ1v) is 8.16. The van der Waals surface area contributed by atoms with Crippen LogP contribution in [0.15, 0.2) is 23.1 Å². The first kappa shape index (κ1) is 15.3. The van der Waals surface area contributed by atoms with Crippen molar-refractivity contribution in [1.82, 2.24) is 9.62 Å². The van der Waals surface area contributed by atoms with Gasteiger partial charge in [-0.3, -0.25) is 0 Å². The van der Waals surface area contributed by atoms with Crippen molar-refractivity contribution in [3.63, 3.8) is 0 Å². The molecule has 2 rings (SSSR count). The lowest BCUT2D eigenvalue weighted by Gasteiger charge is -2.21. The molecule has 5 nitrogen and oxygen atoms in total. The molecule has 0 radical (unpaired) electrons. The molecule has 1 heterocycles. The standard InChI is InChI=1S/C13H16ClN3O2S/c1-17(9-11-3-2-6-16-11)20(18,19)13-7-10(8-15)4-5-12(13)14/h4-5,7,11,16H,2-3,6,9H2,1H3. The monoisotopic (exact) mass is 313 g/mol. The van der Waals surface area contributed by atoms with E-state index in [2.05, 4.69) is 5.32 Å². The number of hydrogen-bond donors (Lipinski definition) is 1. The largest absolute Gasteiger partial charge is 0.313 e. The molecule has 0 saturated carbocycles. The van der Waals surface area contributed by atoms with Crippen LogP contribution in [0, 0.1) is 11.3 Å². The first-order valence-electron chi connectivity index (χ1n) is 6.34. The Morgan fingerprint density at radius 1 is 1.55 bits per heavy atom. The highest BCUT2D eigenvalue weighted by atomic mass is 35.5. The second-order valence-electron chi connectivity index (χ2n) is 4.84. The summed E-state index contributed by atoms with van der Waals surface area (Å²) < 4.78 is 26.3. The smallest absolute Gasteiger partial charge is 0.244 e. The van der Waals surface area contributed by atoms with Crippen LogP contribution in [0.1, 0.15) is 18.4 Å². The Morgan fingerprint density at radius 3 is 2.90 bits per heavy atom. The van der Waals surface area contributed by atoms with Crippen molar-refractivity contribution in [2.75, 3.05) is 20.1 Å². The predicted octanol–water partition coefficient (Wildman–Crippen LogP) is 1.58. The molecular formula is C13H16ClN3O2S. The van der Waals surface area contributed by atoms with E-state index < -0.39 is 10.0 Å². The second-order valence-corrected chi connectivity index (χ2v) is 7.26. The van der Waals surface area contributed by atoms with Gasteiger partial charge in [-0.2, -0.15) is 9.57 Å². The zero-order valence-electron chi connectivity index (χ0n) is 11.1. The molecule has 0 spiro atoms. The summed E-state index contributed by atoms with van der Waals surface area (Å²) in [5.41, 5.74) is 0.278. The fraction of sp³-hybridized carbons (Fsp3) is 0.462. The van der Waals surface area contributed by atoms with Crippen LogP contribution in [-0.2, 0) is 10.0 Å². The van der Waals surface area contributed by atoms with E-state index in [0.717, 1.165) is 19.4 Å². The van der Waals surface area contributed by atoms with Gasteiger partial charge in [-0.05, 0) is 37.6 Å². The van der Waals surface area contributed by atoms with Crippen LogP contribution in [0.2, 0.25) is 5.02 Å². The van der Waals surface area contributed by atoms with E-state index in [-0.39, 0.29) is 21.5 Å². The molecule has 1 aromatic rings. The van der Waals surface area contributed by atoms with Gasteiger partial charge < -0.3 is 5.32 Å². The van der Waals surface area contributed by atoms with Gasteiger partial charge in [-0.15, -0.1) is 0 Å². The van der Waals surface area contributed by atoms with E-state index >= 15 is 0 Å². The van der Waals surface area contributed by atoms with Crippen molar-refractivity contribution < 1.29 is 8.42 Å². The molecular weight excluding hydrogens is 298 g/mol. The van der Waals surface area contributed by atoms with Gasteiger partial charge in [0, 0.05) is 19.6 Å². The number of halogens is 1. The van der Waals surface area contributed by atoms with Gasteiger partial charge in [-0.25, -0.2) is 8.42 Å². The second kappa shape index (κ2) is 6.10. The highest BCUT2D eigenvalue weighted by molar-refractivity contribution is 7.89. The summed E-state index contributed by atoms with van der Waals surface area (Å²) >= 11 is 5.97. The number of sulfonamides is 1. The van der Waals surface area contributed by atoms with Crippen molar-refractivity contribution in [3.8, 4) is 6.07 Å². The molecule has 1 N–H and O–H groups in total. The fourth-order valence-corrected chi connectivity index (χ4v) is 3.97. The SMILES string of the molecule is CN(CC1CCCN1)S(=O)(=O)c1cc(C#N)ccc1Cl. The van der Waals surface area contributed by atoms with E-state index in [0.29, 0.717) is 6.54 Å². The third-order valence-electron chi connectivity index (χ3n) is 3.39. The number of nitrogens with zero attached hydrogens (tertiary/aromatic N) is 2. The minimum absolute atomic E-state index is 0.0151. The normalized spacial score (nSPS) is 19.2. The zero-order chi connectivity index (χ0) is 14.8. The number of hydrogen-bond acceptors (Lipinski definition) is 4. The number of nitrogens with one attached hydrogen (secondary N) is 1. The average Bonchev–Trinajstić information content (AvgIpc) is 2.92. The fourth-order valence-electron chi connectivity index (χ4n) is 2.26. The van der Waals surface area contributed by atoms with Crippen LogP contribution in [0.25, 0.3) is 0 Å². The van der Waals surface area contributed by atoms with Gasteiger partial charge in [0.25, 0.3) is 0 Å². The molecule has 1 aromatic carbocycles. The van der Waals surface area contributed by atoms with Gasteiger partial charge in [0.15, 0.2) is 0 Å². The maximum atomic E-state index is 12.5. The summed E-state index contributed by atoms with van der Waals surface area (Å²) in [6.45, 7) is 1.32. The van der Waals surface area contributed by atoms with Crippen LogP contribution in [0.3, 0.4) is 0 Å². The lowest BCUT2D eigenvalue weighted by Crippen LogP contribution is -2.38. The highest BCUT2D eigenvalue weighted by Crippen LogP contribution is 2.25. The summed E-state index contributed by atoms with van der Waals surface area (Å²) in [6.07, 6.45) is 2.02. The molecule has 20 heavy (non-hydrogen) atoms. The third kappa shape index (κ3) is 3.13. The van der Waals surface area contributed by atoms with E-state index in [4.69, 9.17) is 16.9 Å². The van der Waals surface area contributed by atoms with Crippen LogP contribution in [0.4, 0.5) is 0 Å². The van der Waals surface area contributed by atoms with Gasteiger partial charge in [-0.1, -0.05) is 11.6 Å². The van der Waals surface area contributed by atoms with E-state index in [9.17, 15) is 8.42 Å². The third-order valence-corrected chi connectivity index (χ3v) is 5.69. The Hall–Kier alpha value is -1.13. The number of likely N-dealkylation sites (N-methyl/N-ethyl adjacent to an activating group) is 1. The molecule has 108 valence electrons. The highest BCUT2D eigenvalue weighted by Gasteiger charge is 2.27. The Balaban J connectivity index is 2.27. The first-order chi connectivity index (χ1) is 9.45. The summed E-state index contributed by atoms with van der Waals surface area (Å²) in [4.78, 5) is -0.0151. The van der Waals surface area contributed by atoms with Crippen LogP contribution in [-0.4, -0.2) is 38.9 Å². The van der Waals surface area contributed by atoms with Crippen molar-refractivity contribution in [1.29, 1.82) is 5.26 Å². The molecule has 1 saturated heterocycles. The van der Waals surface area contributed by atoms with Crippen molar-refractivity contribution in [2.45, 2.75) is 23.8 Å². The predicted molar refractivity (Wildman–Crippen MR) is 77.0 cm³/mol. The van der Waals surface area contributed by atoms with Crippen molar-refractivity contribution in [3.05, 3.63) is 28.8 Å². The maximum absolute atomic E-state index is 12.5. The molecule has 0 aliphatic carbocycles. The van der Waals surface area contributed by atoms with Crippen molar-refractivity contribution >= 4 is 21.6 Å². The molecule has 7 heteroatoms. The minimum atomic E-state index is -3.68. The summed E-state index contributed by atoms with van der Waals surface area (Å²) in [6, 6.07) is 6.35. The molecule has 1 fully saturated rings. The minimum Gasteiger partial charge on any atom is -0.313 e. The van der Waals surface area contributed by atoms with Gasteiger partial charge in [0.1, 0.15) is 4.90 Å². The van der Waals surface area contributed by atoms with E-state index in [1.807, 2.05) is 6.07 Å². The zero-order valence-corrected chi connectivity index (χ0v) is 12.7. The molecule has 0 amide bonds. The van der Waals surface area contributed by atoms with E-state index in [1.165, 1.54) is 29.6 Å². The Morgan fingerprint density at radius 2 is 2.30 bits per heavy atom. The number of nitriles is 1. The Labute approximate surface area is 124 Å². The molecule has 0 bridgehead atoms. The maximum Gasteiger partial charge on any atom is 0.244 e. The van der Waals surface area contributed by atoms with Crippen LogP contribution >= 0.6 is 11.6 Å². The van der Waals surface area contributed by atoms with E-state index in [1.54, 1.807) is 0 Å². The van der Waals surface area contributed by atoms with Crippen molar-refractivity contribution in [2.24, 2.45) is 0 Å². The topological polar surface area (TPSA) is 73.2 Å². The van der Waals surface area contributed by atoms with Crippen LogP contribution in [0.5, 0.6) is 0 Å². The molecule has 1 aliphatic rings. The number of benzene rings is 1. The average molecular weight is 314 g/mol. The lowest BCUT2D eigenvalue weighted by atomic mass is 10.2. The van der Waals surface area contributed by atoms with Gasteiger partial charge in [0.05, 0.1) is 16.7 Å². The molecule has 1 aliphatic heterocycles. The molecule has 0 aromatic heterocycles. The molecule has 1 unspecified atom stereocenters. The quantitative estimate of drug-likeness (QED) is 0.916. The summed E-state index contributed by atoms with van der Waals surface area (Å²) in [7, 11) is -2.15.